The van der Waals surface area contributed by atoms with Crippen LogP contribution in [0.25, 0.3) is 0 Å². The maximum atomic E-state index is 12.9. The molecular formula is C20H20N2O5S. The van der Waals surface area contributed by atoms with Crippen molar-refractivity contribution in [3.8, 4) is 0 Å². The highest BCUT2D eigenvalue weighted by Gasteiger charge is 2.55. The number of aliphatic carboxylic acids is 1. The molecule has 2 saturated heterocycles. The maximum absolute atomic E-state index is 12.9. The second-order valence-corrected chi connectivity index (χ2v) is 8.29. The first kappa shape index (κ1) is 18.6. The van der Waals surface area contributed by atoms with Crippen molar-refractivity contribution in [2.75, 3.05) is 5.32 Å². The Bertz CT molecular complexity index is 926. The third-order valence-electron chi connectivity index (χ3n) is 5.37. The van der Waals surface area contributed by atoms with Crippen molar-refractivity contribution < 1.29 is 24.2 Å². The van der Waals surface area contributed by atoms with Gasteiger partial charge in [-0.2, -0.15) is 0 Å². The standard InChI is InChI=1S/C20H20N2O5S/c21-17(23)12-9-11(8-10-4-2-1-3-5-10)28-19(12)22-18(24)15-13-6-7-14(27-13)16(15)20(25)26/h1-5,9,13-16H,6-8H2,(H2,21,23)(H,22,24)(H,25,26)/t13-,14+,15+,16-/m0/s1. The first-order valence-corrected chi connectivity index (χ1v) is 9.91. The average Bonchev–Trinajstić information content (AvgIpc) is 3.36. The summed E-state index contributed by atoms with van der Waals surface area (Å²) in [5.74, 6) is -3.73. The van der Waals surface area contributed by atoms with Crippen LogP contribution >= 0.6 is 11.3 Å². The van der Waals surface area contributed by atoms with Crippen molar-refractivity contribution in [2.45, 2.75) is 31.5 Å². The Labute approximate surface area is 165 Å². The van der Waals surface area contributed by atoms with Gasteiger partial charge in [-0.3, -0.25) is 14.4 Å². The van der Waals surface area contributed by atoms with Gasteiger partial charge in [-0.15, -0.1) is 11.3 Å². The SMILES string of the molecule is NC(=O)c1cc(Cc2ccccc2)sc1NC(=O)[C@H]1[C@@H](C(=O)O)[C@H]2CC[C@@H]1O2. The van der Waals surface area contributed by atoms with Crippen LogP contribution in [-0.4, -0.2) is 35.1 Å². The van der Waals surface area contributed by atoms with E-state index < -0.39 is 41.8 Å². The molecule has 4 N–H and O–H groups in total. The number of ether oxygens (including phenoxy) is 1. The molecule has 1 aromatic heterocycles. The Morgan fingerprint density at radius 1 is 1.14 bits per heavy atom. The third kappa shape index (κ3) is 3.41. The van der Waals surface area contributed by atoms with Crippen LogP contribution in [0.15, 0.2) is 36.4 Å². The summed E-state index contributed by atoms with van der Waals surface area (Å²) in [7, 11) is 0. The zero-order valence-corrected chi connectivity index (χ0v) is 15.8. The largest absolute Gasteiger partial charge is 0.481 e. The molecule has 2 bridgehead atoms. The van der Waals surface area contributed by atoms with E-state index in [1.54, 1.807) is 6.07 Å². The van der Waals surface area contributed by atoms with Gasteiger partial charge in [-0.05, 0) is 24.5 Å². The Balaban J connectivity index is 1.56. The normalized spacial score (nSPS) is 25.6. The summed E-state index contributed by atoms with van der Waals surface area (Å²) in [5.41, 5.74) is 6.79. The number of hydrogen-bond donors (Lipinski definition) is 3. The number of anilines is 1. The summed E-state index contributed by atoms with van der Waals surface area (Å²) in [6.07, 6.45) is 1.10. The van der Waals surface area contributed by atoms with E-state index in [1.165, 1.54) is 11.3 Å². The lowest BCUT2D eigenvalue weighted by atomic mass is 9.79. The van der Waals surface area contributed by atoms with E-state index in [4.69, 9.17) is 10.5 Å². The van der Waals surface area contributed by atoms with Crippen molar-refractivity contribution in [1.29, 1.82) is 0 Å². The molecule has 146 valence electrons. The number of amides is 2. The first-order chi connectivity index (χ1) is 13.4. The first-order valence-electron chi connectivity index (χ1n) is 9.09. The van der Waals surface area contributed by atoms with E-state index in [-0.39, 0.29) is 5.56 Å². The summed E-state index contributed by atoms with van der Waals surface area (Å²) < 4.78 is 5.65. The lowest BCUT2D eigenvalue weighted by Crippen LogP contribution is -2.41. The number of benzene rings is 1. The molecule has 28 heavy (non-hydrogen) atoms. The number of nitrogens with one attached hydrogen (secondary N) is 1. The molecular weight excluding hydrogens is 380 g/mol. The van der Waals surface area contributed by atoms with Gasteiger partial charge in [0.15, 0.2) is 0 Å². The number of carbonyl (C=O) groups is 3. The number of hydrogen-bond acceptors (Lipinski definition) is 5. The fourth-order valence-electron chi connectivity index (χ4n) is 4.12. The van der Waals surface area contributed by atoms with Crippen molar-refractivity contribution in [3.05, 3.63) is 52.4 Å². The molecule has 0 radical (unpaired) electrons. The molecule has 2 fully saturated rings. The predicted molar refractivity (Wildman–Crippen MR) is 103 cm³/mol. The Morgan fingerprint density at radius 3 is 2.46 bits per heavy atom. The van der Waals surface area contributed by atoms with Gasteiger partial charge in [0.05, 0.1) is 29.6 Å². The van der Waals surface area contributed by atoms with Crippen molar-refractivity contribution in [3.63, 3.8) is 0 Å². The fraction of sp³-hybridized carbons (Fsp3) is 0.350. The molecule has 0 unspecified atom stereocenters. The van der Waals surface area contributed by atoms with Crippen LogP contribution in [0.4, 0.5) is 5.00 Å². The summed E-state index contributed by atoms with van der Waals surface area (Å²) in [4.78, 5) is 37.2. The van der Waals surface area contributed by atoms with E-state index in [0.29, 0.717) is 24.3 Å². The second-order valence-electron chi connectivity index (χ2n) is 7.15. The number of nitrogens with two attached hydrogens (primary N) is 1. The van der Waals surface area contributed by atoms with Crippen molar-refractivity contribution in [2.24, 2.45) is 17.6 Å². The number of carbonyl (C=O) groups excluding carboxylic acids is 2. The molecule has 2 aliphatic heterocycles. The van der Waals surface area contributed by atoms with Crippen LogP contribution in [-0.2, 0) is 20.7 Å². The minimum absolute atomic E-state index is 0.236. The Morgan fingerprint density at radius 2 is 1.82 bits per heavy atom. The van der Waals surface area contributed by atoms with Gasteiger partial charge in [0.25, 0.3) is 5.91 Å². The lowest BCUT2D eigenvalue weighted by Gasteiger charge is -2.23. The van der Waals surface area contributed by atoms with Crippen molar-refractivity contribution in [1.82, 2.24) is 0 Å². The predicted octanol–water partition coefficient (Wildman–Crippen LogP) is 2.25. The van der Waals surface area contributed by atoms with Gasteiger partial charge in [0, 0.05) is 11.3 Å². The van der Waals surface area contributed by atoms with E-state index >= 15 is 0 Å². The van der Waals surface area contributed by atoms with E-state index in [1.807, 2.05) is 30.3 Å². The molecule has 8 heteroatoms. The summed E-state index contributed by atoms with van der Waals surface area (Å²) in [6.45, 7) is 0. The summed E-state index contributed by atoms with van der Waals surface area (Å²) in [5, 5.41) is 12.6. The molecule has 7 nitrogen and oxygen atoms in total. The third-order valence-corrected chi connectivity index (χ3v) is 6.42. The molecule has 4 rings (SSSR count). The zero-order valence-electron chi connectivity index (χ0n) is 15.0. The van der Waals surface area contributed by atoms with Crippen LogP contribution in [0, 0.1) is 11.8 Å². The van der Waals surface area contributed by atoms with Crippen LogP contribution in [0.1, 0.15) is 33.6 Å². The van der Waals surface area contributed by atoms with Gasteiger partial charge < -0.3 is 20.9 Å². The molecule has 0 spiro atoms. The molecule has 0 aliphatic carbocycles. The van der Waals surface area contributed by atoms with Crippen LogP contribution in [0.2, 0.25) is 0 Å². The lowest BCUT2D eigenvalue weighted by molar-refractivity contribution is -0.147. The van der Waals surface area contributed by atoms with Gasteiger partial charge >= 0.3 is 5.97 Å². The maximum Gasteiger partial charge on any atom is 0.310 e. The number of carboxylic acids is 1. The van der Waals surface area contributed by atoms with E-state index in [9.17, 15) is 19.5 Å². The number of primary amides is 1. The van der Waals surface area contributed by atoms with E-state index in [2.05, 4.69) is 5.32 Å². The Hall–Kier alpha value is -2.71. The highest BCUT2D eigenvalue weighted by Crippen LogP contribution is 2.44. The topological polar surface area (TPSA) is 119 Å². The highest BCUT2D eigenvalue weighted by atomic mass is 32.1. The van der Waals surface area contributed by atoms with Crippen molar-refractivity contribution >= 4 is 34.1 Å². The van der Waals surface area contributed by atoms with Crippen LogP contribution in [0.3, 0.4) is 0 Å². The number of thiophene rings is 1. The van der Waals surface area contributed by atoms with Crippen LogP contribution < -0.4 is 11.1 Å². The Kier molecular flexibility index (Phi) is 4.91. The van der Waals surface area contributed by atoms with Gasteiger partial charge in [0.1, 0.15) is 5.00 Å². The average molecular weight is 400 g/mol. The number of rotatable bonds is 6. The van der Waals surface area contributed by atoms with E-state index in [0.717, 1.165) is 10.4 Å². The minimum atomic E-state index is -1.03. The molecule has 0 saturated carbocycles. The molecule has 2 aliphatic rings. The molecule has 4 atom stereocenters. The molecule has 1 aromatic carbocycles. The smallest absolute Gasteiger partial charge is 0.310 e. The quantitative estimate of drug-likeness (QED) is 0.687. The molecule has 3 heterocycles. The number of carboxylic acid groups (broad SMARTS) is 1. The van der Waals surface area contributed by atoms with Gasteiger partial charge in [0.2, 0.25) is 5.91 Å². The second kappa shape index (κ2) is 7.37. The molecule has 2 aromatic rings. The highest BCUT2D eigenvalue weighted by molar-refractivity contribution is 7.16. The summed E-state index contributed by atoms with van der Waals surface area (Å²) >= 11 is 1.28. The monoisotopic (exact) mass is 400 g/mol. The fourth-order valence-corrected chi connectivity index (χ4v) is 5.22. The van der Waals surface area contributed by atoms with Gasteiger partial charge in [-0.25, -0.2) is 0 Å². The minimum Gasteiger partial charge on any atom is -0.481 e. The van der Waals surface area contributed by atoms with Crippen LogP contribution in [0.5, 0.6) is 0 Å². The number of fused-ring (bicyclic) bond motifs is 2. The van der Waals surface area contributed by atoms with Gasteiger partial charge in [-0.1, -0.05) is 30.3 Å². The molecule has 2 amide bonds. The summed E-state index contributed by atoms with van der Waals surface area (Å²) in [6, 6.07) is 11.4. The zero-order chi connectivity index (χ0) is 19.8.